The maximum atomic E-state index is 10.7. The largest absolute Gasteiger partial charge is 0.478 e. The lowest BCUT2D eigenvalue weighted by molar-refractivity contribution is 0.0686. The fourth-order valence-electron chi connectivity index (χ4n) is 1.40. The van der Waals surface area contributed by atoms with Crippen molar-refractivity contribution >= 4 is 36.0 Å². The molecular formula is C14H10O5S2. The average molecular weight is 322 g/mol. The van der Waals surface area contributed by atoms with Gasteiger partial charge in [0.05, 0.1) is 11.1 Å². The number of hydrogen-bond acceptors (Lipinski definition) is 5. The maximum Gasteiger partial charge on any atom is 0.335 e. The second kappa shape index (κ2) is 7.16. The number of rotatable bonds is 6. The summed E-state index contributed by atoms with van der Waals surface area (Å²) in [5.74, 6) is -1.94. The van der Waals surface area contributed by atoms with E-state index < -0.39 is 11.9 Å². The van der Waals surface area contributed by atoms with Gasteiger partial charge in [0.2, 0.25) is 0 Å². The molecule has 0 spiro atoms. The Labute approximate surface area is 129 Å². The summed E-state index contributed by atoms with van der Waals surface area (Å²) < 4.78 is 5.34. The van der Waals surface area contributed by atoms with Crippen molar-refractivity contribution in [1.29, 1.82) is 0 Å². The minimum Gasteiger partial charge on any atom is -0.478 e. The van der Waals surface area contributed by atoms with Crippen LogP contribution in [0.2, 0.25) is 0 Å². The summed E-state index contributed by atoms with van der Waals surface area (Å²) in [4.78, 5) is 23.0. The molecule has 2 N–H and O–H groups in total. The summed E-state index contributed by atoms with van der Waals surface area (Å²) in [5, 5.41) is 17.6. The van der Waals surface area contributed by atoms with Gasteiger partial charge in [-0.05, 0) is 48.5 Å². The van der Waals surface area contributed by atoms with Crippen LogP contribution in [0.1, 0.15) is 20.7 Å². The summed E-state index contributed by atoms with van der Waals surface area (Å²) >= 11 is 2.20. The molecule has 0 unspecified atom stereocenters. The number of carbonyl (C=O) groups is 2. The topological polar surface area (TPSA) is 83.8 Å². The van der Waals surface area contributed by atoms with E-state index in [0.717, 1.165) is 33.9 Å². The Balaban J connectivity index is 1.86. The minimum atomic E-state index is -0.972. The van der Waals surface area contributed by atoms with Crippen molar-refractivity contribution in [2.24, 2.45) is 0 Å². The van der Waals surface area contributed by atoms with Crippen LogP contribution in [0.5, 0.6) is 0 Å². The summed E-state index contributed by atoms with van der Waals surface area (Å²) in [5.41, 5.74) is 0.438. The number of hydrogen-bond donors (Lipinski definition) is 2. The van der Waals surface area contributed by atoms with Crippen molar-refractivity contribution in [3.63, 3.8) is 0 Å². The standard InChI is InChI=1S/C14H10O5S2/c15-13(16)9-1-5-11(6-2-9)20-19-21-12-7-3-10(4-8-12)14(17)18/h1-8H,(H,15,16)(H,17,18). The number of aromatic carboxylic acids is 2. The van der Waals surface area contributed by atoms with E-state index in [2.05, 4.69) is 0 Å². The molecule has 0 saturated carbocycles. The zero-order valence-corrected chi connectivity index (χ0v) is 12.2. The van der Waals surface area contributed by atoms with Crippen molar-refractivity contribution in [1.82, 2.24) is 0 Å². The molecule has 5 nitrogen and oxygen atoms in total. The van der Waals surface area contributed by atoms with Gasteiger partial charge < -0.3 is 10.2 Å². The zero-order valence-electron chi connectivity index (χ0n) is 10.6. The molecular weight excluding hydrogens is 312 g/mol. The highest BCUT2D eigenvalue weighted by Gasteiger charge is 2.04. The third-order valence-corrected chi connectivity index (χ3v) is 3.94. The molecule has 0 aliphatic rings. The van der Waals surface area contributed by atoms with Crippen molar-refractivity contribution in [2.45, 2.75) is 9.79 Å². The second-order valence-corrected chi connectivity index (χ2v) is 5.71. The van der Waals surface area contributed by atoms with Crippen LogP contribution in [0.15, 0.2) is 58.3 Å². The molecule has 0 aliphatic carbocycles. The molecule has 0 saturated heterocycles. The molecule has 0 radical (unpaired) electrons. The van der Waals surface area contributed by atoms with Crippen molar-refractivity contribution in [2.75, 3.05) is 0 Å². The Morgan fingerprint density at radius 1 is 0.714 bits per heavy atom. The molecule has 0 heterocycles. The first-order chi connectivity index (χ1) is 10.1. The number of carboxylic acids is 2. The molecule has 0 aromatic heterocycles. The molecule has 2 aromatic rings. The van der Waals surface area contributed by atoms with Gasteiger partial charge in [-0.2, -0.15) is 0 Å². The highest BCUT2D eigenvalue weighted by Crippen LogP contribution is 2.29. The molecule has 2 aromatic carbocycles. The minimum absolute atomic E-state index is 0.219. The second-order valence-electron chi connectivity index (χ2n) is 3.89. The van der Waals surface area contributed by atoms with E-state index in [1.807, 2.05) is 0 Å². The van der Waals surface area contributed by atoms with Gasteiger partial charge in [0, 0.05) is 33.9 Å². The smallest absolute Gasteiger partial charge is 0.335 e. The van der Waals surface area contributed by atoms with Crippen LogP contribution in [-0.4, -0.2) is 22.2 Å². The van der Waals surface area contributed by atoms with Gasteiger partial charge in [-0.15, -0.1) is 0 Å². The Morgan fingerprint density at radius 3 is 1.33 bits per heavy atom. The Morgan fingerprint density at radius 2 is 1.05 bits per heavy atom. The van der Waals surface area contributed by atoms with Crippen molar-refractivity contribution < 1.29 is 23.4 Å². The Bertz CT molecular complexity index is 580. The maximum absolute atomic E-state index is 10.7. The summed E-state index contributed by atoms with van der Waals surface area (Å²) in [6.07, 6.45) is 0. The summed E-state index contributed by atoms with van der Waals surface area (Å²) in [6, 6.07) is 12.6. The summed E-state index contributed by atoms with van der Waals surface area (Å²) in [6.45, 7) is 0. The highest BCUT2D eigenvalue weighted by molar-refractivity contribution is 8.07. The number of benzene rings is 2. The average Bonchev–Trinajstić information content (AvgIpc) is 2.48. The molecule has 0 atom stereocenters. The molecule has 0 aliphatic heterocycles. The molecule has 108 valence electrons. The lowest BCUT2D eigenvalue weighted by Gasteiger charge is -2.02. The molecule has 0 amide bonds. The van der Waals surface area contributed by atoms with E-state index in [4.69, 9.17) is 13.8 Å². The molecule has 0 bridgehead atoms. The zero-order chi connectivity index (χ0) is 15.2. The Kier molecular flexibility index (Phi) is 5.26. The molecule has 2 rings (SSSR count). The van der Waals surface area contributed by atoms with Gasteiger partial charge in [-0.3, -0.25) is 0 Å². The van der Waals surface area contributed by atoms with E-state index in [9.17, 15) is 9.59 Å². The van der Waals surface area contributed by atoms with Crippen molar-refractivity contribution in [3.8, 4) is 0 Å². The molecule has 21 heavy (non-hydrogen) atoms. The van der Waals surface area contributed by atoms with Crippen LogP contribution < -0.4 is 0 Å². The van der Waals surface area contributed by atoms with E-state index in [1.54, 1.807) is 24.3 Å². The monoisotopic (exact) mass is 322 g/mol. The van der Waals surface area contributed by atoms with E-state index in [1.165, 1.54) is 24.3 Å². The first kappa shape index (κ1) is 15.4. The van der Waals surface area contributed by atoms with Gasteiger partial charge in [0.25, 0.3) is 0 Å². The SMILES string of the molecule is O=C(O)c1ccc(SOSc2ccc(C(=O)O)cc2)cc1. The van der Waals surface area contributed by atoms with E-state index in [0.29, 0.717) is 0 Å². The van der Waals surface area contributed by atoms with Gasteiger partial charge >= 0.3 is 11.9 Å². The van der Waals surface area contributed by atoms with Gasteiger partial charge in [-0.1, -0.05) is 0 Å². The van der Waals surface area contributed by atoms with Crippen LogP contribution in [-0.2, 0) is 3.63 Å². The third kappa shape index (κ3) is 4.52. The van der Waals surface area contributed by atoms with E-state index >= 15 is 0 Å². The van der Waals surface area contributed by atoms with Crippen LogP contribution in [0, 0.1) is 0 Å². The van der Waals surface area contributed by atoms with Gasteiger partial charge in [0.1, 0.15) is 0 Å². The normalized spacial score (nSPS) is 10.3. The van der Waals surface area contributed by atoms with Crippen molar-refractivity contribution in [3.05, 3.63) is 59.7 Å². The predicted molar refractivity (Wildman–Crippen MR) is 79.6 cm³/mol. The van der Waals surface area contributed by atoms with Crippen LogP contribution in [0.25, 0.3) is 0 Å². The van der Waals surface area contributed by atoms with Crippen LogP contribution in [0.3, 0.4) is 0 Å². The highest BCUT2D eigenvalue weighted by atomic mass is 32.2. The quantitative estimate of drug-likeness (QED) is 0.782. The van der Waals surface area contributed by atoms with Crippen LogP contribution >= 0.6 is 24.1 Å². The molecule has 0 fully saturated rings. The molecule has 7 heteroatoms. The number of carboxylic acid groups (broad SMARTS) is 2. The third-order valence-electron chi connectivity index (χ3n) is 2.46. The van der Waals surface area contributed by atoms with E-state index in [-0.39, 0.29) is 11.1 Å². The first-order valence-corrected chi connectivity index (χ1v) is 7.22. The summed E-state index contributed by atoms with van der Waals surface area (Å²) in [7, 11) is 0. The first-order valence-electron chi connectivity index (χ1n) is 5.74. The van der Waals surface area contributed by atoms with Gasteiger partial charge in [-0.25, -0.2) is 13.2 Å². The lowest BCUT2D eigenvalue weighted by Crippen LogP contribution is -1.94. The van der Waals surface area contributed by atoms with Crippen LogP contribution in [0.4, 0.5) is 0 Å². The lowest BCUT2D eigenvalue weighted by atomic mass is 10.2. The van der Waals surface area contributed by atoms with Gasteiger partial charge in [0.15, 0.2) is 0 Å². The predicted octanol–water partition coefficient (Wildman–Crippen LogP) is 3.81. The fraction of sp³-hybridized carbons (Fsp3) is 0. The fourth-order valence-corrected chi connectivity index (χ4v) is 2.66. The Hall–Kier alpha value is -1.96.